The molecule has 23 heavy (non-hydrogen) atoms. The minimum atomic E-state index is -0.889. The van der Waals surface area contributed by atoms with E-state index in [1.54, 1.807) is 18.2 Å². The normalized spacial score (nSPS) is 11.4. The number of allylic oxidation sites excluding steroid dienone is 3. The van der Waals surface area contributed by atoms with Crippen molar-refractivity contribution in [2.24, 2.45) is 5.92 Å². The van der Waals surface area contributed by atoms with E-state index in [1.165, 1.54) is 12.1 Å². The molecule has 0 saturated carbocycles. The number of aryl methyl sites for hydroxylation is 1. The van der Waals surface area contributed by atoms with Crippen molar-refractivity contribution in [2.75, 3.05) is 5.32 Å². The molecule has 0 spiro atoms. The number of carboxylic acids is 1. The summed E-state index contributed by atoms with van der Waals surface area (Å²) in [6.45, 7) is 4.22. The van der Waals surface area contributed by atoms with Gasteiger partial charge in [0.2, 0.25) is 5.91 Å². The summed E-state index contributed by atoms with van der Waals surface area (Å²) in [5, 5.41) is 21.0. The van der Waals surface area contributed by atoms with Crippen molar-refractivity contribution in [2.45, 2.75) is 33.1 Å². The molecule has 0 aliphatic carbocycles. The predicted molar refractivity (Wildman–Crippen MR) is 90.4 cm³/mol. The summed E-state index contributed by atoms with van der Waals surface area (Å²) in [6, 6.07) is 4.66. The number of carboxylic acid groups (broad SMARTS) is 1. The molecule has 1 rings (SSSR count). The maximum atomic E-state index is 11.8. The highest BCUT2D eigenvalue weighted by molar-refractivity contribution is 6.00. The Balaban J connectivity index is 2.62. The third kappa shape index (κ3) is 7.85. The number of benzene rings is 1. The molecule has 0 bridgehead atoms. The lowest BCUT2D eigenvalue weighted by Gasteiger charge is -2.07. The molecule has 3 N–H and O–H groups in total. The van der Waals surface area contributed by atoms with Crippen molar-refractivity contribution < 1.29 is 19.8 Å². The number of aromatic hydroxyl groups is 1. The highest BCUT2D eigenvalue weighted by Gasteiger charge is 2.06. The molecular formula is C18H23NO4. The van der Waals surface area contributed by atoms with Crippen molar-refractivity contribution in [1.82, 2.24) is 0 Å². The summed E-state index contributed by atoms with van der Waals surface area (Å²) in [6.07, 6.45) is 8.09. The van der Waals surface area contributed by atoms with Gasteiger partial charge >= 0.3 is 5.97 Å². The van der Waals surface area contributed by atoms with Crippen LogP contribution in [0.15, 0.2) is 42.5 Å². The first-order chi connectivity index (χ1) is 10.9. The molecule has 0 aromatic heterocycles. The second-order valence-electron chi connectivity index (χ2n) is 5.65. The lowest BCUT2D eigenvalue weighted by Crippen LogP contribution is -2.08. The van der Waals surface area contributed by atoms with Crippen LogP contribution in [0.25, 0.3) is 0 Å². The monoisotopic (exact) mass is 317 g/mol. The van der Waals surface area contributed by atoms with Crippen LogP contribution in [0.5, 0.6) is 5.75 Å². The van der Waals surface area contributed by atoms with Crippen LogP contribution in [0.4, 0.5) is 5.69 Å². The van der Waals surface area contributed by atoms with Gasteiger partial charge in [0.1, 0.15) is 5.75 Å². The first kappa shape index (κ1) is 18.5. The Morgan fingerprint density at radius 1 is 1.26 bits per heavy atom. The maximum absolute atomic E-state index is 11.8. The zero-order valence-electron chi connectivity index (χ0n) is 13.5. The molecule has 1 aromatic rings. The van der Waals surface area contributed by atoms with E-state index in [0.717, 1.165) is 12.0 Å². The van der Waals surface area contributed by atoms with Crippen LogP contribution in [-0.2, 0) is 16.0 Å². The number of carbonyl (C=O) groups excluding carboxylic acids is 1. The lowest BCUT2D eigenvalue weighted by atomic mass is 10.1. The van der Waals surface area contributed by atoms with Gasteiger partial charge in [-0.1, -0.05) is 38.1 Å². The maximum Gasteiger partial charge on any atom is 0.303 e. The number of nitrogens with one attached hydrogen (secondary N) is 1. The standard InChI is InChI=1S/C18H23NO4/c1-13(2)6-4-3-5-7-17(21)19-15-12-14(8-10-16(15)20)9-11-18(22)23/h3-5,7-8,10,12-13,20H,6,9,11H2,1-2H3,(H,19,21)(H,22,23)/b4-3+,7-5+. The molecule has 1 aromatic carbocycles. The molecule has 0 radical (unpaired) electrons. The molecule has 0 atom stereocenters. The van der Waals surface area contributed by atoms with Crippen LogP contribution in [0.1, 0.15) is 32.3 Å². The number of aliphatic carboxylic acids is 1. The third-order valence-corrected chi connectivity index (χ3v) is 3.05. The summed E-state index contributed by atoms with van der Waals surface area (Å²) in [5.41, 5.74) is 1.01. The van der Waals surface area contributed by atoms with Gasteiger partial charge in [-0.05, 0) is 36.5 Å². The Labute approximate surface area is 136 Å². The fraction of sp³-hybridized carbons (Fsp3) is 0.333. The molecule has 5 heteroatoms. The van der Waals surface area contributed by atoms with Crippen LogP contribution in [0.2, 0.25) is 0 Å². The number of hydrogen-bond acceptors (Lipinski definition) is 3. The number of anilines is 1. The largest absolute Gasteiger partial charge is 0.506 e. The average Bonchev–Trinajstić information content (AvgIpc) is 2.47. The minimum absolute atomic E-state index is 0.00128. The SMILES string of the molecule is CC(C)C/C=C/C=C/C(=O)Nc1cc(CCC(=O)O)ccc1O. The molecule has 0 aliphatic rings. The van der Waals surface area contributed by atoms with Crippen LogP contribution < -0.4 is 5.32 Å². The van der Waals surface area contributed by atoms with Gasteiger partial charge in [-0.25, -0.2) is 0 Å². The smallest absolute Gasteiger partial charge is 0.303 e. The van der Waals surface area contributed by atoms with E-state index in [0.29, 0.717) is 12.3 Å². The molecule has 124 valence electrons. The first-order valence-corrected chi connectivity index (χ1v) is 7.56. The fourth-order valence-electron chi connectivity index (χ4n) is 1.84. The molecule has 0 fully saturated rings. The van der Waals surface area contributed by atoms with Gasteiger partial charge in [0.25, 0.3) is 0 Å². The minimum Gasteiger partial charge on any atom is -0.506 e. The molecule has 1 amide bonds. The number of amides is 1. The summed E-state index contributed by atoms with van der Waals surface area (Å²) in [4.78, 5) is 22.4. The molecule has 0 saturated heterocycles. The van der Waals surface area contributed by atoms with Gasteiger partial charge in [-0.3, -0.25) is 9.59 Å². The highest BCUT2D eigenvalue weighted by atomic mass is 16.4. The summed E-state index contributed by atoms with van der Waals surface area (Å²) in [7, 11) is 0. The van der Waals surface area contributed by atoms with Gasteiger partial charge < -0.3 is 15.5 Å². The van der Waals surface area contributed by atoms with Crippen LogP contribution in [0.3, 0.4) is 0 Å². The van der Waals surface area contributed by atoms with Crippen molar-refractivity contribution in [3.05, 3.63) is 48.1 Å². The number of carbonyl (C=O) groups is 2. The van der Waals surface area contributed by atoms with Gasteiger partial charge in [0, 0.05) is 12.5 Å². The van der Waals surface area contributed by atoms with E-state index in [2.05, 4.69) is 19.2 Å². The van der Waals surface area contributed by atoms with E-state index >= 15 is 0 Å². The zero-order chi connectivity index (χ0) is 17.2. The van der Waals surface area contributed by atoms with Crippen molar-refractivity contribution in [1.29, 1.82) is 0 Å². The Hall–Kier alpha value is -2.56. The van der Waals surface area contributed by atoms with Crippen LogP contribution in [-0.4, -0.2) is 22.1 Å². The molecule has 0 heterocycles. The van der Waals surface area contributed by atoms with Gasteiger partial charge in [-0.2, -0.15) is 0 Å². The molecule has 5 nitrogen and oxygen atoms in total. The second-order valence-corrected chi connectivity index (χ2v) is 5.65. The van der Waals surface area contributed by atoms with Gasteiger partial charge in [0.15, 0.2) is 0 Å². The molecular weight excluding hydrogens is 294 g/mol. The van der Waals surface area contributed by atoms with E-state index in [4.69, 9.17) is 5.11 Å². The Morgan fingerprint density at radius 3 is 2.65 bits per heavy atom. The van der Waals surface area contributed by atoms with Crippen molar-refractivity contribution in [3.63, 3.8) is 0 Å². The second kappa shape index (κ2) is 9.46. The van der Waals surface area contributed by atoms with E-state index in [1.807, 2.05) is 12.2 Å². The van der Waals surface area contributed by atoms with E-state index < -0.39 is 5.97 Å². The topological polar surface area (TPSA) is 86.6 Å². The van der Waals surface area contributed by atoms with Crippen LogP contribution in [0, 0.1) is 5.92 Å². The highest BCUT2D eigenvalue weighted by Crippen LogP contribution is 2.24. The Bertz CT molecular complexity index is 603. The fourth-order valence-corrected chi connectivity index (χ4v) is 1.84. The van der Waals surface area contributed by atoms with Gasteiger partial charge in [0.05, 0.1) is 5.69 Å². The quantitative estimate of drug-likeness (QED) is 0.389. The molecule has 0 unspecified atom stereocenters. The van der Waals surface area contributed by atoms with E-state index in [-0.39, 0.29) is 23.8 Å². The predicted octanol–water partition coefficient (Wildman–Crippen LogP) is 3.51. The Morgan fingerprint density at radius 2 is 2.00 bits per heavy atom. The summed E-state index contributed by atoms with van der Waals surface area (Å²) < 4.78 is 0. The number of rotatable bonds is 8. The van der Waals surface area contributed by atoms with E-state index in [9.17, 15) is 14.7 Å². The summed E-state index contributed by atoms with van der Waals surface area (Å²) in [5.74, 6) is -0.732. The average molecular weight is 317 g/mol. The van der Waals surface area contributed by atoms with Crippen LogP contribution >= 0.6 is 0 Å². The Kier molecular flexibility index (Phi) is 7.60. The van der Waals surface area contributed by atoms with Crippen molar-refractivity contribution >= 4 is 17.6 Å². The number of phenolic OH excluding ortho intramolecular Hbond substituents is 1. The van der Waals surface area contributed by atoms with Gasteiger partial charge in [-0.15, -0.1) is 0 Å². The molecule has 0 aliphatic heterocycles. The lowest BCUT2D eigenvalue weighted by molar-refractivity contribution is -0.137. The number of hydrogen-bond donors (Lipinski definition) is 3. The third-order valence-electron chi connectivity index (χ3n) is 3.05. The first-order valence-electron chi connectivity index (χ1n) is 7.56. The zero-order valence-corrected chi connectivity index (χ0v) is 13.5. The summed E-state index contributed by atoms with van der Waals surface area (Å²) >= 11 is 0. The number of phenols is 1. The van der Waals surface area contributed by atoms with Crippen molar-refractivity contribution in [3.8, 4) is 5.75 Å².